The van der Waals surface area contributed by atoms with Crippen LogP contribution in [-0.2, 0) is 11.8 Å². The van der Waals surface area contributed by atoms with Gasteiger partial charge in [0.25, 0.3) is 5.56 Å². The molecule has 0 fully saturated rings. The van der Waals surface area contributed by atoms with E-state index in [1.807, 2.05) is 49.6 Å². The fourth-order valence-electron chi connectivity index (χ4n) is 2.50. The van der Waals surface area contributed by atoms with Crippen LogP contribution in [0.2, 0.25) is 0 Å². The number of carbonyl (C=O) groups excluding carboxylic acids is 1. The summed E-state index contributed by atoms with van der Waals surface area (Å²) in [6.45, 7) is 1.81. The first kappa shape index (κ1) is 18.5. The molecule has 2 aromatic carbocycles. The summed E-state index contributed by atoms with van der Waals surface area (Å²) in [6.07, 6.45) is 1.97. The number of hydrogen-bond acceptors (Lipinski definition) is 5. The van der Waals surface area contributed by atoms with Gasteiger partial charge in [-0.3, -0.25) is 14.2 Å². The quantitative estimate of drug-likeness (QED) is 0.535. The van der Waals surface area contributed by atoms with Crippen LogP contribution in [0.1, 0.15) is 6.92 Å². The molecule has 1 unspecified atom stereocenters. The molecule has 0 aliphatic carbocycles. The Labute approximate surface area is 160 Å². The summed E-state index contributed by atoms with van der Waals surface area (Å²) in [5, 5.41) is 3.66. The molecule has 0 saturated carbocycles. The Morgan fingerprint density at radius 1 is 1.15 bits per heavy atom. The van der Waals surface area contributed by atoms with E-state index in [9.17, 15) is 9.59 Å². The van der Waals surface area contributed by atoms with Crippen LogP contribution >= 0.6 is 23.5 Å². The maximum absolute atomic E-state index is 12.6. The molecular weight excluding hydrogens is 366 g/mol. The third-order valence-electron chi connectivity index (χ3n) is 3.96. The minimum atomic E-state index is -0.399. The summed E-state index contributed by atoms with van der Waals surface area (Å²) in [7, 11) is 1.68. The minimum absolute atomic E-state index is 0.113. The van der Waals surface area contributed by atoms with Crippen molar-refractivity contribution >= 4 is 46.0 Å². The van der Waals surface area contributed by atoms with E-state index in [1.165, 1.54) is 16.3 Å². The van der Waals surface area contributed by atoms with Crippen LogP contribution in [0, 0.1) is 0 Å². The fourth-order valence-corrected chi connectivity index (χ4v) is 3.92. The number of fused-ring (bicyclic) bond motifs is 1. The van der Waals surface area contributed by atoms with Gasteiger partial charge < -0.3 is 5.32 Å². The molecule has 3 rings (SSSR count). The third kappa shape index (κ3) is 3.78. The number of anilines is 1. The van der Waals surface area contributed by atoms with Crippen molar-refractivity contribution in [3.63, 3.8) is 0 Å². The smallest absolute Gasteiger partial charge is 0.261 e. The zero-order chi connectivity index (χ0) is 18.7. The van der Waals surface area contributed by atoms with Crippen molar-refractivity contribution in [2.24, 2.45) is 7.05 Å². The Bertz CT molecular complexity index is 1020. The van der Waals surface area contributed by atoms with Gasteiger partial charge in [-0.2, -0.15) is 0 Å². The predicted octanol–water partition coefficient (Wildman–Crippen LogP) is 3.77. The van der Waals surface area contributed by atoms with Crippen molar-refractivity contribution in [3.8, 4) is 0 Å². The van der Waals surface area contributed by atoms with Gasteiger partial charge in [0.1, 0.15) is 0 Å². The molecule has 1 atom stereocenters. The van der Waals surface area contributed by atoms with E-state index in [0.717, 1.165) is 10.6 Å². The third-order valence-corrected chi connectivity index (χ3v) is 5.90. The Morgan fingerprint density at radius 3 is 2.62 bits per heavy atom. The van der Waals surface area contributed by atoms with Crippen LogP contribution < -0.4 is 10.9 Å². The van der Waals surface area contributed by atoms with Gasteiger partial charge in [-0.1, -0.05) is 36.0 Å². The standard InChI is InChI=1S/C19H19N3O2S2/c1-12(17(23)20-15-10-6-7-11-16(15)25-3)26-19-21-14-9-5-4-8-13(14)18(24)22(19)2/h4-12H,1-3H3,(H,20,23). The molecule has 1 heterocycles. The van der Waals surface area contributed by atoms with Crippen LogP contribution in [0.5, 0.6) is 0 Å². The second-order valence-electron chi connectivity index (χ2n) is 5.73. The summed E-state index contributed by atoms with van der Waals surface area (Å²) in [4.78, 5) is 30.6. The first-order valence-corrected chi connectivity index (χ1v) is 10.2. The molecule has 7 heteroatoms. The van der Waals surface area contributed by atoms with Gasteiger partial charge in [-0.05, 0) is 37.4 Å². The summed E-state index contributed by atoms with van der Waals surface area (Å²) in [6, 6.07) is 14.9. The van der Waals surface area contributed by atoms with E-state index in [1.54, 1.807) is 30.9 Å². The average Bonchev–Trinajstić information content (AvgIpc) is 2.66. The number of thioether (sulfide) groups is 2. The van der Waals surface area contributed by atoms with Crippen LogP contribution in [0.3, 0.4) is 0 Å². The molecule has 1 N–H and O–H groups in total. The maximum Gasteiger partial charge on any atom is 0.261 e. The molecule has 0 aliphatic rings. The second kappa shape index (κ2) is 7.97. The number of rotatable bonds is 5. The molecule has 0 radical (unpaired) electrons. The van der Waals surface area contributed by atoms with E-state index in [-0.39, 0.29) is 11.5 Å². The van der Waals surface area contributed by atoms with Crippen LogP contribution in [0.4, 0.5) is 5.69 Å². The highest BCUT2D eigenvalue weighted by Crippen LogP contribution is 2.27. The van der Waals surface area contributed by atoms with Crippen molar-refractivity contribution in [2.45, 2.75) is 22.2 Å². The average molecular weight is 386 g/mol. The number of hydrogen-bond donors (Lipinski definition) is 1. The Morgan fingerprint density at radius 2 is 1.85 bits per heavy atom. The lowest BCUT2D eigenvalue weighted by Crippen LogP contribution is -2.25. The molecule has 0 spiro atoms. The second-order valence-corrected chi connectivity index (χ2v) is 7.88. The van der Waals surface area contributed by atoms with E-state index in [4.69, 9.17) is 0 Å². The summed E-state index contributed by atoms with van der Waals surface area (Å²) in [5.74, 6) is -0.126. The minimum Gasteiger partial charge on any atom is -0.324 e. The number of nitrogens with zero attached hydrogens (tertiary/aromatic N) is 2. The van der Waals surface area contributed by atoms with Crippen LogP contribution in [-0.4, -0.2) is 27.0 Å². The zero-order valence-electron chi connectivity index (χ0n) is 14.7. The van der Waals surface area contributed by atoms with Crippen molar-refractivity contribution < 1.29 is 4.79 Å². The molecule has 26 heavy (non-hydrogen) atoms. The highest BCUT2D eigenvalue weighted by molar-refractivity contribution is 8.00. The Balaban J connectivity index is 1.82. The van der Waals surface area contributed by atoms with E-state index < -0.39 is 5.25 Å². The van der Waals surface area contributed by atoms with E-state index in [0.29, 0.717) is 16.1 Å². The van der Waals surface area contributed by atoms with Crippen LogP contribution in [0.25, 0.3) is 10.9 Å². The van der Waals surface area contributed by atoms with Gasteiger partial charge >= 0.3 is 0 Å². The predicted molar refractivity (Wildman–Crippen MR) is 109 cm³/mol. The first-order chi connectivity index (χ1) is 12.5. The summed E-state index contributed by atoms with van der Waals surface area (Å²) in [5.41, 5.74) is 1.31. The molecule has 0 bridgehead atoms. The Kier molecular flexibility index (Phi) is 5.68. The lowest BCUT2D eigenvalue weighted by atomic mass is 10.2. The first-order valence-electron chi connectivity index (χ1n) is 8.07. The van der Waals surface area contributed by atoms with Gasteiger partial charge in [0.2, 0.25) is 5.91 Å². The van der Waals surface area contributed by atoms with Gasteiger partial charge in [0.05, 0.1) is 21.8 Å². The number of benzene rings is 2. The van der Waals surface area contributed by atoms with Crippen molar-refractivity contribution in [1.82, 2.24) is 9.55 Å². The molecule has 1 aromatic heterocycles. The molecule has 0 saturated heterocycles. The van der Waals surface area contributed by atoms with Gasteiger partial charge in [-0.15, -0.1) is 11.8 Å². The number of amides is 1. The zero-order valence-corrected chi connectivity index (χ0v) is 16.4. The van der Waals surface area contributed by atoms with Gasteiger partial charge in [-0.25, -0.2) is 4.98 Å². The van der Waals surface area contributed by atoms with E-state index >= 15 is 0 Å². The number of aromatic nitrogens is 2. The largest absolute Gasteiger partial charge is 0.324 e. The Hall–Kier alpha value is -2.25. The molecule has 134 valence electrons. The van der Waals surface area contributed by atoms with E-state index in [2.05, 4.69) is 10.3 Å². The van der Waals surface area contributed by atoms with Crippen molar-refractivity contribution in [2.75, 3.05) is 11.6 Å². The molecular formula is C19H19N3O2S2. The number of nitrogens with one attached hydrogen (secondary N) is 1. The number of carbonyl (C=O) groups is 1. The lowest BCUT2D eigenvalue weighted by Gasteiger charge is -2.15. The molecule has 1 amide bonds. The maximum atomic E-state index is 12.6. The van der Waals surface area contributed by atoms with Crippen LogP contribution in [0.15, 0.2) is 63.4 Å². The van der Waals surface area contributed by atoms with Crippen molar-refractivity contribution in [3.05, 3.63) is 58.9 Å². The normalized spacial score (nSPS) is 12.1. The van der Waals surface area contributed by atoms with Gasteiger partial charge in [0.15, 0.2) is 5.16 Å². The molecule has 0 aliphatic heterocycles. The highest BCUT2D eigenvalue weighted by Gasteiger charge is 2.19. The summed E-state index contributed by atoms with van der Waals surface area (Å²) < 4.78 is 1.49. The van der Waals surface area contributed by atoms with Gasteiger partial charge in [0, 0.05) is 11.9 Å². The topological polar surface area (TPSA) is 64.0 Å². The van der Waals surface area contributed by atoms with Crippen molar-refractivity contribution in [1.29, 1.82) is 0 Å². The molecule has 3 aromatic rings. The highest BCUT2D eigenvalue weighted by atomic mass is 32.2. The number of para-hydroxylation sites is 2. The SMILES string of the molecule is CSc1ccccc1NC(=O)C(C)Sc1nc2ccccc2c(=O)n1C. The monoisotopic (exact) mass is 385 g/mol. The summed E-state index contributed by atoms with van der Waals surface area (Å²) >= 11 is 2.85. The lowest BCUT2D eigenvalue weighted by molar-refractivity contribution is -0.115. The molecule has 5 nitrogen and oxygen atoms in total. The fraction of sp³-hybridized carbons (Fsp3) is 0.211.